The van der Waals surface area contributed by atoms with Gasteiger partial charge in [0.1, 0.15) is 5.52 Å². The van der Waals surface area contributed by atoms with Crippen molar-refractivity contribution in [1.82, 2.24) is 14.6 Å². The maximum absolute atomic E-state index is 10.8. The van der Waals surface area contributed by atoms with E-state index < -0.39 is 0 Å². The summed E-state index contributed by atoms with van der Waals surface area (Å²) in [5.41, 5.74) is 1.92. The van der Waals surface area contributed by atoms with Crippen LogP contribution in [0.1, 0.15) is 0 Å². The minimum absolute atomic E-state index is 0.0150. The van der Waals surface area contributed by atoms with Gasteiger partial charge >= 0.3 is 4.87 Å². The van der Waals surface area contributed by atoms with Crippen LogP contribution in [0.25, 0.3) is 20.4 Å². The molecule has 0 saturated carbocycles. The van der Waals surface area contributed by atoms with Gasteiger partial charge in [-0.3, -0.25) is 4.79 Å². The summed E-state index contributed by atoms with van der Waals surface area (Å²) in [6.07, 6.45) is 0. The van der Waals surface area contributed by atoms with Gasteiger partial charge in [-0.05, 0) is 35.8 Å². The van der Waals surface area contributed by atoms with E-state index in [-0.39, 0.29) is 4.87 Å². The summed E-state index contributed by atoms with van der Waals surface area (Å²) in [7, 11) is 0. The van der Waals surface area contributed by atoms with Gasteiger partial charge in [0.15, 0.2) is 0 Å². The third-order valence-electron chi connectivity index (χ3n) is 2.48. The Hall–Kier alpha value is -2.05. The second kappa shape index (κ2) is 5.29. The van der Waals surface area contributed by atoms with Crippen molar-refractivity contribution in [3.8, 4) is 0 Å². The zero-order valence-corrected chi connectivity index (χ0v) is 11.4. The average molecular weight is 287 g/mol. The Labute approximate surface area is 116 Å². The van der Waals surface area contributed by atoms with Crippen molar-refractivity contribution < 1.29 is 0 Å². The smallest absolute Gasteiger partial charge is 0.305 e. The van der Waals surface area contributed by atoms with Gasteiger partial charge in [0.2, 0.25) is 0 Å². The number of nitrogens with one attached hydrogen (secondary N) is 1. The lowest BCUT2D eigenvalue weighted by Crippen LogP contribution is -1.89. The molecule has 4 aromatic rings. The number of hydrogen-bond acceptors (Lipinski definition) is 5. The van der Waals surface area contributed by atoms with Crippen molar-refractivity contribution in [3.05, 3.63) is 58.2 Å². The Kier molecular flexibility index (Phi) is 3.35. The maximum Gasteiger partial charge on any atom is 0.305 e. The molecule has 0 spiro atoms. The highest BCUT2D eigenvalue weighted by atomic mass is 32.1. The minimum atomic E-state index is 0.0150. The first-order chi connectivity index (χ1) is 9.33. The third-order valence-corrected chi connectivity index (χ3v) is 4.05. The summed E-state index contributed by atoms with van der Waals surface area (Å²) >= 11 is 2.67. The van der Waals surface area contributed by atoms with E-state index in [1.807, 2.05) is 48.5 Å². The minimum Gasteiger partial charge on any atom is -0.312 e. The van der Waals surface area contributed by atoms with Gasteiger partial charge in [0.05, 0.1) is 14.9 Å². The molecule has 0 aliphatic carbocycles. The van der Waals surface area contributed by atoms with Crippen LogP contribution < -0.4 is 4.87 Å². The molecular formula is C13H9N3OS2. The molecule has 19 heavy (non-hydrogen) atoms. The fourth-order valence-electron chi connectivity index (χ4n) is 1.62. The molecule has 0 bridgehead atoms. The van der Waals surface area contributed by atoms with Gasteiger partial charge in [-0.2, -0.15) is 0 Å². The normalized spacial score (nSPS) is 10.3. The molecule has 0 fully saturated rings. The molecule has 2 heterocycles. The average Bonchev–Trinajstić information content (AvgIpc) is 3.03. The van der Waals surface area contributed by atoms with Crippen LogP contribution in [0.5, 0.6) is 0 Å². The molecule has 0 aliphatic heterocycles. The number of benzene rings is 2. The van der Waals surface area contributed by atoms with E-state index in [0.717, 1.165) is 20.4 Å². The lowest BCUT2D eigenvalue weighted by atomic mass is 10.3. The highest BCUT2D eigenvalue weighted by molar-refractivity contribution is 7.16. The van der Waals surface area contributed by atoms with E-state index in [4.69, 9.17) is 0 Å². The van der Waals surface area contributed by atoms with E-state index in [1.54, 1.807) is 0 Å². The number of para-hydroxylation sites is 1. The molecule has 0 aliphatic rings. The van der Waals surface area contributed by atoms with Gasteiger partial charge in [0, 0.05) is 0 Å². The van der Waals surface area contributed by atoms with Crippen molar-refractivity contribution in [3.63, 3.8) is 0 Å². The van der Waals surface area contributed by atoms with Crippen LogP contribution in [0, 0.1) is 0 Å². The Balaban J connectivity index is 0.000000117. The van der Waals surface area contributed by atoms with Gasteiger partial charge in [0.25, 0.3) is 0 Å². The summed E-state index contributed by atoms with van der Waals surface area (Å²) < 4.78 is 5.96. The molecule has 6 heteroatoms. The van der Waals surface area contributed by atoms with Crippen LogP contribution in [0.2, 0.25) is 0 Å². The molecule has 0 unspecified atom stereocenters. The molecule has 0 saturated heterocycles. The Morgan fingerprint density at radius 2 is 1.68 bits per heavy atom. The number of H-pyrrole nitrogens is 1. The summed E-state index contributed by atoms with van der Waals surface area (Å²) in [5.74, 6) is 0. The number of rotatable bonds is 0. The van der Waals surface area contributed by atoms with E-state index in [1.165, 1.54) is 22.9 Å². The van der Waals surface area contributed by atoms with Crippen LogP contribution in [-0.4, -0.2) is 14.6 Å². The fraction of sp³-hybridized carbons (Fsp3) is 0. The molecule has 4 rings (SSSR count). The number of aromatic nitrogens is 3. The molecule has 0 atom stereocenters. The zero-order chi connectivity index (χ0) is 13.1. The van der Waals surface area contributed by atoms with Crippen LogP contribution in [0.3, 0.4) is 0 Å². The second-order valence-corrected chi connectivity index (χ2v) is 5.55. The monoisotopic (exact) mass is 287 g/mol. The lowest BCUT2D eigenvalue weighted by molar-refractivity contribution is 1.20. The van der Waals surface area contributed by atoms with Crippen molar-refractivity contribution in [2.45, 2.75) is 0 Å². The predicted molar refractivity (Wildman–Crippen MR) is 79.9 cm³/mol. The van der Waals surface area contributed by atoms with Crippen LogP contribution in [0.15, 0.2) is 53.3 Å². The van der Waals surface area contributed by atoms with Crippen molar-refractivity contribution in [1.29, 1.82) is 0 Å². The summed E-state index contributed by atoms with van der Waals surface area (Å²) in [6.45, 7) is 0. The first kappa shape index (κ1) is 12.0. The number of aromatic amines is 1. The molecule has 94 valence electrons. The lowest BCUT2D eigenvalue weighted by Gasteiger charge is -1.81. The molecule has 0 radical (unpaired) electrons. The number of thiazole rings is 1. The number of fused-ring (bicyclic) bond motifs is 2. The highest BCUT2D eigenvalue weighted by Gasteiger charge is 1.94. The van der Waals surface area contributed by atoms with Gasteiger partial charge in [-0.15, -0.1) is 5.10 Å². The largest absolute Gasteiger partial charge is 0.312 e. The topological polar surface area (TPSA) is 58.6 Å². The summed E-state index contributed by atoms with van der Waals surface area (Å²) in [4.78, 5) is 13.5. The first-order valence-corrected chi connectivity index (χ1v) is 7.17. The standard InChI is InChI=1S/C7H5NOS.C6H4N2S/c9-7-8-5-3-1-2-4-6(5)10-7;1-2-4-6-5(3-1)7-8-9-6/h1-4H,(H,8,9);1-4H. The zero-order valence-electron chi connectivity index (χ0n) is 9.74. The van der Waals surface area contributed by atoms with E-state index in [9.17, 15) is 4.79 Å². The Morgan fingerprint density at radius 3 is 2.47 bits per heavy atom. The van der Waals surface area contributed by atoms with Gasteiger partial charge in [-0.25, -0.2) is 0 Å². The maximum atomic E-state index is 10.8. The van der Waals surface area contributed by atoms with Crippen molar-refractivity contribution >= 4 is 43.3 Å². The SMILES string of the molecule is O=c1[nH]c2ccccc2s1.c1ccc2snnc2c1. The number of hydrogen-bond donors (Lipinski definition) is 1. The Morgan fingerprint density at radius 1 is 0.947 bits per heavy atom. The molecule has 0 amide bonds. The molecule has 2 aromatic carbocycles. The third kappa shape index (κ3) is 2.69. The van der Waals surface area contributed by atoms with Gasteiger partial charge < -0.3 is 4.98 Å². The van der Waals surface area contributed by atoms with E-state index >= 15 is 0 Å². The molecule has 1 N–H and O–H groups in total. The first-order valence-electron chi connectivity index (χ1n) is 5.58. The second-order valence-electron chi connectivity index (χ2n) is 3.75. The van der Waals surface area contributed by atoms with E-state index in [2.05, 4.69) is 14.6 Å². The predicted octanol–water partition coefficient (Wildman–Crippen LogP) is 3.28. The van der Waals surface area contributed by atoms with Crippen molar-refractivity contribution in [2.75, 3.05) is 0 Å². The molecule has 2 aromatic heterocycles. The Bertz CT molecular complexity index is 796. The fourth-order valence-corrected chi connectivity index (χ4v) is 2.91. The summed E-state index contributed by atoms with van der Waals surface area (Å²) in [6, 6.07) is 15.6. The van der Waals surface area contributed by atoms with E-state index in [0.29, 0.717) is 0 Å². The quantitative estimate of drug-likeness (QED) is 0.540. The van der Waals surface area contributed by atoms with Crippen LogP contribution in [-0.2, 0) is 0 Å². The van der Waals surface area contributed by atoms with Crippen LogP contribution in [0.4, 0.5) is 0 Å². The number of nitrogens with zero attached hydrogens (tertiary/aromatic N) is 2. The molecule has 4 nitrogen and oxygen atoms in total. The van der Waals surface area contributed by atoms with Crippen molar-refractivity contribution in [2.24, 2.45) is 0 Å². The molecular weight excluding hydrogens is 278 g/mol. The summed E-state index contributed by atoms with van der Waals surface area (Å²) in [5, 5.41) is 3.89. The van der Waals surface area contributed by atoms with Crippen LogP contribution >= 0.6 is 22.9 Å². The highest BCUT2D eigenvalue weighted by Crippen LogP contribution is 2.13. The van der Waals surface area contributed by atoms with Gasteiger partial charge in [-0.1, -0.05) is 40.1 Å².